The Morgan fingerprint density at radius 1 is 1.00 bits per heavy atom. The van der Waals surface area contributed by atoms with Crippen LogP contribution in [0.4, 0.5) is 20.2 Å². The maximum atomic E-state index is 14.2. The molecule has 71 heavy (non-hydrogen) atoms. The molecule has 4 fully saturated rings. The first-order valence-electron chi connectivity index (χ1n) is 24.3. The zero-order valence-corrected chi connectivity index (χ0v) is 40.6. The van der Waals surface area contributed by atoms with E-state index in [1.165, 1.54) is 23.3 Å². The lowest BCUT2D eigenvalue weighted by molar-refractivity contribution is -0.386. The number of carbonyl (C=O) groups is 1. The zero-order valence-electron chi connectivity index (χ0n) is 39.8. The van der Waals surface area contributed by atoms with Gasteiger partial charge in [-0.3, -0.25) is 19.8 Å². The molecule has 1 spiro atoms. The van der Waals surface area contributed by atoms with E-state index >= 15 is 0 Å². The normalized spacial score (nSPS) is 23.7. The highest BCUT2D eigenvalue weighted by atomic mass is 32.2. The molecule has 5 aliphatic rings. The van der Waals surface area contributed by atoms with Gasteiger partial charge in [0.1, 0.15) is 24.1 Å². The number of pyridine rings is 1. The summed E-state index contributed by atoms with van der Waals surface area (Å²) in [5.41, 5.74) is 1.94. The number of nitro benzene ring substituents is 1. The SMILES string of the molecule is CC(C)c1ccccc1[C@H]1COCCN1C1CC2(CCN(c3ccc(C(=O)NS(=O)(=O)c4cc5c(c([N+](=O)[O-])c4)O[C@H]([C@H]4CC[C@](C)(O)CC4)CO5)c(Oc4cc5cc[nH]c5nc4OC(F)F)c3)CC2)C1. The van der Waals surface area contributed by atoms with Crippen molar-refractivity contribution in [3.63, 3.8) is 0 Å². The van der Waals surface area contributed by atoms with Gasteiger partial charge in [0.05, 0.1) is 40.2 Å². The minimum Gasteiger partial charge on any atom is -0.485 e. The Bertz CT molecular complexity index is 2930. The second-order valence-corrected chi connectivity index (χ2v) is 22.0. The number of piperidine rings is 1. The molecule has 2 saturated carbocycles. The van der Waals surface area contributed by atoms with E-state index < -0.39 is 55.6 Å². The summed E-state index contributed by atoms with van der Waals surface area (Å²) >= 11 is 0. The number of hydrogen-bond acceptors (Lipinski definition) is 14. The van der Waals surface area contributed by atoms with Crippen LogP contribution in [0.2, 0.25) is 0 Å². The number of fused-ring (bicyclic) bond motifs is 2. The summed E-state index contributed by atoms with van der Waals surface area (Å²) in [5, 5.41) is 23.3. The summed E-state index contributed by atoms with van der Waals surface area (Å²) in [6.45, 7) is 6.50. The van der Waals surface area contributed by atoms with E-state index in [2.05, 4.69) is 57.9 Å². The number of amides is 1. The Morgan fingerprint density at radius 2 is 1.76 bits per heavy atom. The number of benzene rings is 3. The molecule has 2 aromatic heterocycles. The van der Waals surface area contributed by atoms with Crippen LogP contribution in [-0.4, -0.2) is 103 Å². The van der Waals surface area contributed by atoms with Gasteiger partial charge in [-0.2, -0.15) is 13.8 Å². The zero-order chi connectivity index (χ0) is 49.8. The standard InChI is InChI=1S/C51H58F2N6O11S/c1-30(2)36-6-4-5-7-37(36)40-28-66-21-20-58(40)34-26-51(27-34)15-18-57(19-16-51)33-8-9-38(41(23-33)68-43-22-32-12-17-54-46(32)55-48(43)70-49(52)53)47(60)56-71(64,65)35-24-39(59(62)63)45-42(25-35)67-29-44(69-45)31-10-13-50(3,61)14-11-31/h4-9,12,17,22-25,30-31,34,40,44,49,61H,10-11,13-16,18-21,26-29H2,1-3H3,(H,54,55)(H,56,60)/t31-,40-,44+,50-/m1/s1. The third kappa shape index (κ3) is 9.95. The number of alkyl halides is 2. The average Bonchev–Trinajstić information content (AvgIpc) is 3.79. The van der Waals surface area contributed by atoms with Gasteiger partial charge < -0.3 is 38.7 Å². The van der Waals surface area contributed by atoms with E-state index in [1.807, 2.05) is 4.72 Å². The molecule has 5 heterocycles. The number of aromatic nitrogens is 2. The van der Waals surface area contributed by atoms with E-state index in [4.69, 9.17) is 23.7 Å². The van der Waals surface area contributed by atoms with Crippen LogP contribution in [-0.2, 0) is 14.8 Å². The molecule has 10 rings (SSSR count). The third-order valence-electron chi connectivity index (χ3n) is 15.3. The molecule has 0 radical (unpaired) electrons. The van der Waals surface area contributed by atoms with E-state index in [0.29, 0.717) is 75.0 Å². The summed E-state index contributed by atoms with van der Waals surface area (Å²) in [7, 11) is -4.84. The number of aliphatic hydroxyl groups is 1. The lowest BCUT2D eigenvalue weighted by Crippen LogP contribution is -2.58. The van der Waals surface area contributed by atoms with Crippen LogP contribution in [0.5, 0.6) is 28.9 Å². The van der Waals surface area contributed by atoms with Crippen molar-refractivity contribution in [2.24, 2.45) is 11.3 Å². The van der Waals surface area contributed by atoms with Gasteiger partial charge >= 0.3 is 12.3 Å². The number of aromatic amines is 1. The van der Waals surface area contributed by atoms with Gasteiger partial charge in [-0.25, -0.2) is 13.1 Å². The minimum atomic E-state index is -4.84. The van der Waals surface area contributed by atoms with Crippen LogP contribution in [0, 0.1) is 21.4 Å². The third-order valence-corrected chi connectivity index (χ3v) is 16.6. The average molecular weight is 1000 g/mol. The number of rotatable bonds is 13. The summed E-state index contributed by atoms with van der Waals surface area (Å²) < 4.78 is 86.6. The van der Waals surface area contributed by atoms with Crippen LogP contribution in [0.25, 0.3) is 11.0 Å². The molecule has 0 unspecified atom stereocenters. The molecule has 20 heteroatoms. The van der Waals surface area contributed by atoms with Crippen molar-refractivity contribution in [1.82, 2.24) is 19.6 Å². The quantitative estimate of drug-likeness (QED) is 0.0743. The molecular formula is C51H58F2N6O11S. The largest absolute Gasteiger partial charge is 0.485 e. The number of anilines is 1. The number of nitro groups is 1. The highest BCUT2D eigenvalue weighted by molar-refractivity contribution is 7.90. The molecule has 3 aliphatic heterocycles. The van der Waals surface area contributed by atoms with Crippen molar-refractivity contribution in [1.29, 1.82) is 0 Å². The van der Waals surface area contributed by atoms with Crippen LogP contribution >= 0.6 is 0 Å². The predicted molar refractivity (Wildman–Crippen MR) is 257 cm³/mol. The van der Waals surface area contributed by atoms with Crippen molar-refractivity contribution < 1.29 is 55.7 Å². The van der Waals surface area contributed by atoms with Crippen molar-refractivity contribution >= 4 is 38.3 Å². The van der Waals surface area contributed by atoms with Gasteiger partial charge in [-0.05, 0) is 111 Å². The fourth-order valence-electron chi connectivity index (χ4n) is 11.3. The summed E-state index contributed by atoms with van der Waals surface area (Å²) in [5.74, 6) is -2.26. The molecular weight excluding hydrogens is 943 g/mol. The fraction of sp³-hybridized carbons (Fsp3) is 0.490. The Balaban J connectivity index is 0.889. The van der Waals surface area contributed by atoms with Crippen molar-refractivity contribution in [3.8, 4) is 28.9 Å². The fourth-order valence-corrected chi connectivity index (χ4v) is 12.3. The maximum Gasteiger partial charge on any atom is 0.388 e. The molecule has 5 aromatic rings. The van der Waals surface area contributed by atoms with E-state index in [9.17, 15) is 37.2 Å². The van der Waals surface area contributed by atoms with Crippen LogP contribution < -0.4 is 28.6 Å². The summed E-state index contributed by atoms with van der Waals surface area (Å²) in [6, 6.07) is 18.8. The molecule has 2 aliphatic carbocycles. The molecule has 0 bridgehead atoms. The molecule has 1 amide bonds. The second-order valence-electron chi connectivity index (χ2n) is 20.3. The monoisotopic (exact) mass is 1000 g/mol. The Kier molecular flexibility index (Phi) is 13.1. The van der Waals surface area contributed by atoms with E-state index in [-0.39, 0.29) is 58.2 Å². The van der Waals surface area contributed by atoms with Crippen LogP contribution in [0.15, 0.2) is 77.8 Å². The summed E-state index contributed by atoms with van der Waals surface area (Å²) in [4.78, 5) is 37.0. The number of nitrogens with zero attached hydrogens (tertiary/aromatic N) is 4. The first-order valence-corrected chi connectivity index (χ1v) is 25.8. The molecule has 2 atom stereocenters. The van der Waals surface area contributed by atoms with Crippen LogP contribution in [0.3, 0.4) is 0 Å². The molecule has 3 N–H and O–H groups in total. The predicted octanol–water partition coefficient (Wildman–Crippen LogP) is 9.01. The van der Waals surface area contributed by atoms with Gasteiger partial charge in [0.15, 0.2) is 11.5 Å². The van der Waals surface area contributed by atoms with Crippen molar-refractivity contribution in [2.45, 2.75) is 113 Å². The maximum absolute atomic E-state index is 14.2. The molecule has 378 valence electrons. The number of H-pyrrole nitrogens is 1. The van der Waals surface area contributed by atoms with Gasteiger partial charge in [0.2, 0.25) is 5.75 Å². The highest BCUT2D eigenvalue weighted by Crippen LogP contribution is 2.54. The van der Waals surface area contributed by atoms with Gasteiger partial charge in [0, 0.05) is 61.1 Å². The number of ether oxygens (including phenoxy) is 5. The topological polar surface area (TPSA) is 208 Å². The van der Waals surface area contributed by atoms with Gasteiger partial charge in [-0.15, -0.1) is 0 Å². The first-order chi connectivity index (χ1) is 33.9. The Morgan fingerprint density at radius 3 is 2.49 bits per heavy atom. The van der Waals surface area contributed by atoms with Gasteiger partial charge in [0.25, 0.3) is 21.8 Å². The number of hydrogen-bond donors (Lipinski definition) is 3. The highest BCUT2D eigenvalue weighted by Gasteiger charge is 2.50. The van der Waals surface area contributed by atoms with Crippen molar-refractivity contribution in [3.05, 3.63) is 99.7 Å². The molecule has 17 nitrogen and oxygen atoms in total. The van der Waals surface area contributed by atoms with E-state index in [1.54, 1.807) is 31.3 Å². The lowest BCUT2D eigenvalue weighted by Gasteiger charge is -2.57. The smallest absolute Gasteiger partial charge is 0.388 e. The lowest BCUT2D eigenvalue weighted by atomic mass is 9.59. The number of halogens is 2. The Labute approximate surface area is 410 Å². The minimum absolute atomic E-state index is 0.0120. The number of nitrogens with one attached hydrogen (secondary N) is 2. The number of sulfonamides is 1. The first kappa shape index (κ1) is 48.5. The second kappa shape index (κ2) is 19.2. The number of carbonyl (C=O) groups excluding carboxylic acids is 1. The Hall–Kier alpha value is -6.09. The molecule has 3 aromatic carbocycles. The number of morpholine rings is 1. The van der Waals surface area contributed by atoms with Crippen molar-refractivity contribution in [2.75, 3.05) is 44.4 Å². The molecule has 2 saturated heterocycles. The van der Waals surface area contributed by atoms with E-state index in [0.717, 1.165) is 44.4 Å². The van der Waals surface area contributed by atoms with Gasteiger partial charge in [-0.1, -0.05) is 38.1 Å². The van der Waals surface area contributed by atoms with Crippen LogP contribution in [0.1, 0.15) is 106 Å². The summed E-state index contributed by atoms with van der Waals surface area (Å²) in [6.07, 6.45) is 7.18.